The summed E-state index contributed by atoms with van der Waals surface area (Å²) in [6.45, 7) is 1.59. The molecule has 0 spiro atoms. The molecule has 1 amide bonds. The molecule has 104 valence electrons. The van der Waals surface area contributed by atoms with Gasteiger partial charge in [-0.15, -0.1) is 5.10 Å². The minimum Gasteiger partial charge on any atom is -0.337 e. The Morgan fingerprint density at radius 3 is 2.80 bits per heavy atom. The number of thioether (sulfide) groups is 1. The number of carbonyl (C=O) groups is 1. The van der Waals surface area contributed by atoms with E-state index in [0.29, 0.717) is 5.56 Å². The van der Waals surface area contributed by atoms with Gasteiger partial charge in [0.1, 0.15) is 6.33 Å². The molecule has 0 radical (unpaired) electrons. The molecule has 2 aromatic rings. The van der Waals surface area contributed by atoms with Crippen molar-refractivity contribution >= 4 is 33.6 Å². The highest BCUT2D eigenvalue weighted by Gasteiger charge is 2.21. The number of amides is 1. The van der Waals surface area contributed by atoms with E-state index >= 15 is 0 Å². The Labute approximate surface area is 128 Å². The van der Waals surface area contributed by atoms with Crippen LogP contribution in [0.15, 0.2) is 29.0 Å². The van der Waals surface area contributed by atoms with E-state index in [-0.39, 0.29) is 5.91 Å². The molecule has 2 heterocycles. The second kappa shape index (κ2) is 5.92. The third-order valence-electron chi connectivity index (χ3n) is 3.09. The van der Waals surface area contributed by atoms with E-state index in [2.05, 4.69) is 31.5 Å². The lowest BCUT2D eigenvalue weighted by Gasteiger charge is -2.27. The monoisotopic (exact) mass is 353 g/mol. The van der Waals surface area contributed by atoms with Crippen molar-refractivity contribution in [1.29, 1.82) is 0 Å². The molecule has 1 aromatic carbocycles. The lowest BCUT2D eigenvalue weighted by Crippen LogP contribution is -2.38. The van der Waals surface area contributed by atoms with Crippen LogP contribution in [-0.2, 0) is 0 Å². The molecule has 1 aliphatic heterocycles. The van der Waals surface area contributed by atoms with E-state index in [1.54, 1.807) is 0 Å². The van der Waals surface area contributed by atoms with Gasteiger partial charge in [-0.3, -0.25) is 4.79 Å². The largest absolute Gasteiger partial charge is 0.337 e. The number of nitrogens with zero attached hydrogens (tertiary/aromatic N) is 5. The quantitative estimate of drug-likeness (QED) is 0.820. The van der Waals surface area contributed by atoms with Crippen molar-refractivity contribution in [3.63, 3.8) is 0 Å². The topological polar surface area (TPSA) is 63.9 Å². The van der Waals surface area contributed by atoms with Crippen molar-refractivity contribution < 1.29 is 4.79 Å². The fourth-order valence-electron chi connectivity index (χ4n) is 2.04. The molecule has 0 bridgehead atoms. The van der Waals surface area contributed by atoms with Crippen molar-refractivity contribution in [3.05, 3.63) is 34.6 Å². The van der Waals surface area contributed by atoms with Gasteiger partial charge in [0.05, 0.1) is 11.3 Å². The smallest absolute Gasteiger partial charge is 0.255 e. The number of aromatic nitrogens is 4. The summed E-state index contributed by atoms with van der Waals surface area (Å²) < 4.78 is 2.33. The van der Waals surface area contributed by atoms with Crippen LogP contribution in [0.4, 0.5) is 0 Å². The molecule has 1 fully saturated rings. The normalized spacial score (nSPS) is 15.3. The van der Waals surface area contributed by atoms with Crippen molar-refractivity contribution in [1.82, 2.24) is 25.1 Å². The van der Waals surface area contributed by atoms with Crippen LogP contribution >= 0.6 is 27.7 Å². The van der Waals surface area contributed by atoms with Crippen molar-refractivity contribution in [2.45, 2.75) is 0 Å². The van der Waals surface area contributed by atoms with Crippen LogP contribution in [0.3, 0.4) is 0 Å². The zero-order valence-electron chi connectivity index (χ0n) is 10.6. The molecule has 0 aliphatic carbocycles. The molecule has 1 aliphatic rings. The Balaban J connectivity index is 1.92. The van der Waals surface area contributed by atoms with E-state index < -0.39 is 0 Å². The van der Waals surface area contributed by atoms with Crippen molar-refractivity contribution in [3.8, 4) is 5.69 Å². The fourth-order valence-corrected chi connectivity index (χ4v) is 3.36. The van der Waals surface area contributed by atoms with Gasteiger partial charge in [0.15, 0.2) is 0 Å². The van der Waals surface area contributed by atoms with Gasteiger partial charge in [-0.1, -0.05) is 0 Å². The fraction of sp³-hybridized carbons (Fsp3) is 0.333. The predicted octanol–water partition coefficient (Wildman–Crippen LogP) is 1.61. The third-order valence-corrected chi connectivity index (χ3v) is 4.73. The Morgan fingerprint density at radius 2 is 2.10 bits per heavy atom. The van der Waals surface area contributed by atoms with E-state index in [1.807, 2.05) is 34.9 Å². The van der Waals surface area contributed by atoms with Gasteiger partial charge in [-0.05, 0) is 44.6 Å². The highest BCUT2D eigenvalue weighted by molar-refractivity contribution is 9.10. The lowest BCUT2D eigenvalue weighted by atomic mass is 10.1. The first-order chi connectivity index (χ1) is 9.75. The minimum absolute atomic E-state index is 0.0482. The highest BCUT2D eigenvalue weighted by atomic mass is 79.9. The Morgan fingerprint density at radius 1 is 1.30 bits per heavy atom. The summed E-state index contributed by atoms with van der Waals surface area (Å²) in [5.41, 5.74) is 1.41. The maximum atomic E-state index is 12.6. The van der Waals surface area contributed by atoms with Gasteiger partial charge in [0.2, 0.25) is 0 Å². The van der Waals surface area contributed by atoms with Gasteiger partial charge >= 0.3 is 0 Å². The molecule has 8 heteroatoms. The van der Waals surface area contributed by atoms with Crippen LogP contribution in [0, 0.1) is 0 Å². The van der Waals surface area contributed by atoms with Crippen molar-refractivity contribution in [2.24, 2.45) is 0 Å². The zero-order valence-corrected chi connectivity index (χ0v) is 13.0. The number of carbonyl (C=O) groups excluding carboxylic acids is 1. The number of hydrogen-bond acceptors (Lipinski definition) is 5. The average molecular weight is 354 g/mol. The molecule has 0 N–H and O–H groups in total. The molecular formula is C12H12BrN5OS. The summed E-state index contributed by atoms with van der Waals surface area (Å²) in [6.07, 6.45) is 1.51. The van der Waals surface area contributed by atoms with Crippen LogP contribution in [0.1, 0.15) is 10.4 Å². The average Bonchev–Trinajstić information content (AvgIpc) is 3.02. The summed E-state index contributed by atoms with van der Waals surface area (Å²) >= 11 is 5.33. The van der Waals surface area contributed by atoms with Crippen LogP contribution in [0.2, 0.25) is 0 Å². The van der Waals surface area contributed by atoms with Crippen LogP contribution < -0.4 is 0 Å². The Bertz CT molecular complexity index is 612. The standard InChI is InChI=1S/C12H12BrN5OS/c13-11-2-1-9(18-8-14-15-16-18)7-10(11)12(19)17-3-5-20-6-4-17/h1-2,7-8H,3-6H2. The summed E-state index contributed by atoms with van der Waals surface area (Å²) in [7, 11) is 0. The molecule has 0 atom stereocenters. The van der Waals surface area contributed by atoms with Gasteiger partial charge < -0.3 is 4.90 Å². The second-order valence-corrected chi connectivity index (χ2v) is 6.40. The number of halogens is 1. The van der Waals surface area contributed by atoms with Crippen molar-refractivity contribution in [2.75, 3.05) is 24.6 Å². The van der Waals surface area contributed by atoms with Crippen LogP contribution in [0.25, 0.3) is 5.69 Å². The molecule has 0 unspecified atom stereocenters. The summed E-state index contributed by atoms with van der Waals surface area (Å²) in [5.74, 6) is 2.04. The van der Waals surface area contributed by atoms with E-state index in [0.717, 1.165) is 34.8 Å². The first-order valence-corrected chi connectivity index (χ1v) is 8.10. The van der Waals surface area contributed by atoms with Gasteiger partial charge in [0, 0.05) is 29.1 Å². The molecule has 3 rings (SSSR count). The van der Waals surface area contributed by atoms with Gasteiger partial charge in [-0.2, -0.15) is 11.8 Å². The predicted molar refractivity (Wildman–Crippen MR) is 80.1 cm³/mol. The lowest BCUT2D eigenvalue weighted by molar-refractivity contribution is 0.0771. The van der Waals surface area contributed by atoms with Crippen LogP contribution in [0.5, 0.6) is 0 Å². The number of hydrogen-bond donors (Lipinski definition) is 0. The SMILES string of the molecule is O=C(c1cc(-n2cnnn2)ccc1Br)N1CCSCC1. The Kier molecular flexibility index (Phi) is 4.02. The number of tetrazole rings is 1. The first-order valence-electron chi connectivity index (χ1n) is 6.15. The molecule has 1 aromatic heterocycles. The third kappa shape index (κ3) is 2.71. The summed E-state index contributed by atoms with van der Waals surface area (Å²) in [5, 5.41) is 11.1. The summed E-state index contributed by atoms with van der Waals surface area (Å²) in [4.78, 5) is 14.5. The molecular weight excluding hydrogens is 342 g/mol. The van der Waals surface area contributed by atoms with E-state index in [1.165, 1.54) is 11.0 Å². The second-order valence-electron chi connectivity index (χ2n) is 4.32. The van der Waals surface area contributed by atoms with E-state index in [9.17, 15) is 4.79 Å². The van der Waals surface area contributed by atoms with E-state index in [4.69, 9.17) is 0 Å². The highest BCUT2D eigenvalue weighted by Crippen LogP contribution is 2.23. The molecule has 20 heavy (non-hydrogen) atoms. The van der Waals surface area contributed by atoms with Gasteiger partial charge in [-0.25, -0.2) is 4.68 Å². The Hall–Kier alpha value is -1.41. The molecule has 1 saturated heterocycles. The first kappa shape index (κ1) is 13.6. The maximum Gasteiger partial charge on any atom is 0.255 e. The minimum atomic E-state index is 0.0482. The molecule has 6 nitrogen and oxygen atoms in total. The zero-order chi connectivity index (χ0) is 13.9. The number of rotatable bonds is 2. The summed E-state index contributed by atoms with van der Waals surface area (Å²) in [6, 6.07) is 5.52. The number of benzene rings is 1. The van der Waals surface area contributed by atoms with Gasteiger partial charge in [0.25, 0.3) is 5.91 Å². The van der Waals surface area contributed by atoms with Crippen LogP contribution in [-0.4, -0.2) is 55.6 Å². The maximum absolute atomic E-state index is 12.6. The molecule has 0 saturated carbocycles.